The quantitative estimate of drug-likeness (QED) is 0.706. The molecule has 0 fully saturated rings. The number of anilines is 1. The molecule has 0 radical (unpaired) electrons. The molecule has 3 aromatic rings. The zero-order chi connectivity index (χ0) is 18.8. The minimum absolute atomic E-state index is 0.215. The van der Waals surface area contributed by atoms with E-state index in [1.807, 2.05) is 5.38 Å². The number of aryl methyl sites for hydroxylation is 2. The van der Waals surface area contributed by atoms with Crippen molar-refractivity contribution in [1.29, 1.82) is 0 Å². The Balaban J connectivity index is 1.53. The highest BCUT2D eigenvalue weighted by atomic mass is 32.1. The lowest BCUT2D eigenvalue weighted by atomic mass is 10.0. The van der Waals surface area contributed by atoms with Gasteiger partial charge >= 0.3 is 0 Å². The topological polar surface area (TPSA) is 60.5 Å². The fraction of sp³-hybridized carbons (Fsp3) is 0.238. The molecule has 138 valence electrons. The second-order valence-corrected chi connectivity index (χ2v) is 7.38. The van der Waals surface area contributed by atoms with Crippen LogP contribution in [-0.2, 0) is 0 Å². The first-order chi connectivity index (χ1) is 13.1. The second-order valence-electron chi connectivity index (χ2n) is 6.52. The average molecular weight is 380 g/mol. The first-order valence-corrected chi connectivity index (χ1v) is 9.72. The van der Waals surface area contributed by atoms with Crippen LogP contribution in [0.25, 0.3) is 11.3 Å². The standard InChI is InChI=1S/C21H20N2O3S/c1-13-4-5-14(2)16(10-13)17-12-27-21(22-17)23-20(24)15-6-7-18-19(11-15)26-9-3-8-25-18/h4-7,10-12H,3,8-9H2,1-2H3,(H,22,23,24). The number of rotatable bonds is 3. The molecule has 0 spiro atoms. The largest absolute Gasteiger partial charge is 0.490 e. The van der Waals surface area contributed by atoms with Gasteiger partial charge < -0.3 is 9.47 Å². The Morgan fingerprint density at radius 1 is 1.07 bits per heavy atom. The summed E-state index contributed by atoms with van der Waals surface area (Å²) in [5.41, 5.74) is 4.81. The summed E-state index contributed by atoms with van der Waals surface area (Å²) >= 11 is 1.42. The van der Waals surface area contributed by atoms with Crippen molar-refractivity contribution in [2.24, 2.45) is 0 Å². The number of amides is 1. The molecule has 0 atom stereocenters. The number of ether oxygens (including phenoxy) is 2. The molecule has 1 N–H and O–H groups in total. The molecule has 0 saturated carbocycles. The van der Waals surface area contributed by atoms with Gasteiger partial charge in [-0.2, -0.15) is 0 Å². The van der Waals surface area contributed by atoms with Crippen LogP contribution in [0.4, 0.5) is 5.13 Å². The van der Waals surface area contributed by atoms with Crippen molar-refractivity contribution in [3.63, 3.8) is 0 Å². The van der Waals surface area contributed by atoms with Crippen LogP contribution in [0, 0.1) is 13.8 Å². The van der Waals surface area contributed by atoms with Crippen LogP contribution < -0.4 is 14.8 Å². The van der Waals surface area contributed by atoms with Crippen molar-refractivity contribution in [2.75, 3.05) is 18.5 Å². The van der Waals surface area contributed by atoms with E-state index in [9.17, 15) is 4.79 Å². The Hall–Kier alpha value is -2.86. The van der Waals surface area contributed by atoms with E-state index in [0.717, 1.165) is 23.2 Å². The van der Waals surface area contributed by atoms with E-state index in [1.165, 1.54) is 16.9 Å². The van der Waals surface area contributed by atoms with E-state index in [2.05, 4.69) is 42.3 Å². The van der Waals surface area contributed by atoms with E-state index >= 15 is 0 Å². The van der Waals surface area contributed by atoms with Crippen LogP contribution in [0.5, 0.6) is 11.5 Å². The molecule has 0 bridgehead atoms. The van der Waals surface area contributed by atoms with Crippen LogP contribution >= 0.6 is 11.3 Å². The molecule has 1 aliphatic rings. The Morgan fingerprint density at radius 3 is 2.74 bits per heavy atom. The number of carbonyl (C=O) groups excluding carboxylic acids is 1. The van der Waals surface area contributed by atoms with E-state index in [0.29, 0.717) is 35.4 Å². The van der Waals surface area contributed by atoms with Crippen molar-refractivity contribution in [2.45, 2.75) is 20.3 Å². The van der Waals surface area contributed by atoms with E-state index < -0.39 is 0 Å². The molecule has 0 unspecified atom stereocenters. The molecular weight excluding hydrogens is 360 g/mol. The highest BCUT2D eigenvalue weighted by Gasteiger charge is 2.16. The summed E-state index contributed by atoms with van der Waals surface area (Å²) in [6.07, 6.45) is 0.830. The fourth-order valence-corrected chi connectivity index (χ4v) is 3.65. The van der Waals surface area contributed by atoms with Gasteiger partial charge in [0, 0.05) is 22.9 Å². The van der Waals surface area contributed by atoms with Gasteiger partial charge in [0.05, 0.1) is 18.9 Å². The third kappa shape index (κ3) is 3.80. The van der Waals surface area contributed by atoms with Crippen molar-refractivity contribution in [3.8, 4) is 22.8 Å². The summed E-state index contributed by atoms with van der Waals surface area (Å²) < 4.78 is 11.3. The molecule has 0 saturated heterocycles. The number of aromatic nitrogens is 1. The van der Waals surface area contributed by atoms with Gasteiger partial charge in [-0.15, -0.1) is 11.3 Å². The number of carbonyl (C=O) groups is 1. The lowest BCUT2D eigenvalue weighted by molar-refractivity contribution is 0.102. The zero-order valence-electron chi connectivity index (χ0n) is 15.2. The number of fused-ring (bicyclic) bond motifs is 1. The van der Waals surface area contributed by atoms with E-state index in [4.69, 9.17) is 9.47 Å². The van der Waals surface area contributed by atoms with E-state index in [-0.39, 0.29) is 5.91 Å². The van der Waals surface area contributed by atoms with E-state index in [1.54, 1.807) is 18.2 Å². The van der Waals surface area contributed by atoms with Gasteiger partial charge in [0.25, 0.3) is 5.91 Å². The van der Waals surface area contributed by atoms with Crippen molar-refractivity contribution in [1.82, 2.24) is 4.98 Å². The number of thiazole rings is 1. The summed E-state index contributed by atoms with van der Waals surface area (Å²) in [5.74, 6) is 1.07. The SMILES string of the molecule is Cc1ccc(C)c(-c2csc(NC(=O)c3ccc4c(c3)OCCCO4)n2)c1. The molecule has 0 aliphatic carbocycles. The Morgan fingerprint density at radius 2 is 1.89 bits per heavy atom. The minimum atomic E-state index is -0.215. The van der Waals surface area contributed by atoms with Gasteiger partial charge in [0.2, 0.25) is 0 Å². The molecule has 2 heterocycles. The van der Waals surface area contributed by atoms with Crippen LogP contribution in [0.2, 0.25) is 0 Å². The maximum absolute atomic E-state index is 12.6. The maximum Gasteiger partial charge on any atom is 0.257 e. The van der Waals surface area contributed by atoms with Crippen molar-refractivity contribution in [3.05, 3.63) is 58.5 Å². The highest BCUT2D eigenvalue weighted by Crippen LogP contribution is 2.31. The van der Waals surface area contributed by atoms with Crippen LogP contribution in [0.1, 0.15) is 27.9 Å². The third-order valence-corrected chi connectivity index (χ3v) is 5.16. The van der Waals surface area contributed by atoms with Gasteiger partial charge in [-0.3, -0.25) is 10.1 Å². The second kappa shape index (κ2) is 7.40. The number of hydrogen-bond acceptors (Lipinski definition) is 5. The molecule has 4 rings (SSSR count). The molecule has 6 heteroatoms. The van der Waals surface area contributed by atoms with Gasteiger partial charge in [0.1, 0.15) is 0 Å². The fourth-order valence-electron chi connectivity index (χ4n) is 2.94. The third-order valence-electron chi connectivity index (χ3n) is 4.40. The molecular formula is C21H20N2O3S. The lowest BCUT2D eigenvalue weighted by Gasteiger charge is -2.09. The Kier molecular flexibility index (Phi) is 4.81. The van der Waals surface area contributed by atoms with Gasteiger partial charge in [0.15, 0.2) is 16.6 Å². The molecule has 5 nitrogen and oxygen atoms in total. The first-order valence-electron chi connectivity index (χ1n) is 8.84. The molecule has 1 aromatic heterocycles. The predicted octanol–water partition coefficient (Wildman–Crippen LogP) is 4.84. The first kappa shape index (κ1) is 17.5. The predicted molar refractivity (Wildman–Crippen MR) is 107 cm³/mol. The number of benzene rings is 2. The zero-order valence-corrected chi connectivity index (χ0v) is 16.1. The number of hydrogen-bond donors (Lipinski definition) is 1. The minimum Gasteiger partial charge on any atom is -0.490 e. The molecule has 1 aliphatic heterocycles. The van der Waals surface area contributed by atoms with Gasteiger partial charge in [-0.05, 0) is 43.7 Å². The van der Waals surface area contributed by atoms with Crippen molar-refractivity contribution >= 4 is 22.4 Å². The Bertz CT molecular complexity index is 997. The average Bonchev–Trinajstić information content (AvgIpc) is 2.99. The lowest BCUT2D eigenvalue weighted by Crippen LogP contribution is -2.12. The summed E-state index contributed by atoms with van der Waals surface area (Å²) in [6.45, 7) is 5.33. The summed E-state index contributed by atoms with van der Waals surface area (Å²) in [7, 11) is 0. The molecule has 27 heavy (non-hydrogen) atoms. The van der Waals surface area contributed by atoms with Crippen molar-refractivity contribution < 1.29 is 14.3 Å². The molecule has 2 aromatic carbocycles. The molecule has 1 amide bonds. The summed E-state index contributed by atoms with van der Waals surface area (Å²) in [5, 5.41) is 5.41. The van der Waals surface area contributed by atoms with Crippen LogP contribution in [0.3, 0.4) is 0 Å². The van der Waals surface area contributed by atoms with Crippen LogP contribution in [-0.4, -0.2) is 24.1 Å². The maximum atomic E-state index is 12.6. The Labute approximate surface area is 162 Å². The van der Waals surface area contributed by atoms with Gasteiger partial charge in [-0.1, -0.05) is 17.7 Å². The van der Waals surface area contributed by atoms with Gasteiger partial charge in [-0.25, -0.2) is 4.98 Å². The van der Waals surface area contributed by atoms with Crippen LogP contribution in [0.15, 0.2) is 41.8 Å². The number of nitrogens with one attached hydrogen (secondary N) is 1. The summed E-state index contributed by atoms with van der Waals surface area (Å²) in [6, 6.07) is 11.5. The summed E-state index contributed by atoms with van der Waals surface area (Å²) in [4.78, 5) is 17.2. The highest BCUT2D eigenvalue weighted by molar-refractivity contribution is 7.14. The number of nitrogens with zero attached hydrogens (tertiary/aromatic N) is 1. The smallest absolute Gasteiger partial charge is 0.257 e. The normalized spacial score (nSPS) is 13.1. The monoisotopic (exact) mass is 380 g/mol.